The number of hydrogen-bond donors (Lipinski definition) is 0. The molecule has 1 aliphatic heterocycles. The average Bonchev–Trinajstić information content (AvgIpc) is 3.26. The summed E-state index contributed by atoms with van der Waals surface area (Å²) in [5, 5.41) is 15.0. The lowest BCUT2D eigenvalue weighted by Crippen LogP contribution is -2.49. The molecule has 8 nitrogen and oxygen atoms in total. The highest BCUT2D eigenvalue weighted by Gasteiger charge is 2.34. The van der Waals surface area contributed by atoms with E-state index >= 15 is 0 Å². The zero-order valence-corrected chi connectivity index (χ0v) is 18.1. The summed E-state index contributed by atoms with van der Waals surface area (Å²) in [5.74, 6) is 2.49. The molecule has 1 saturated heterocycles. The Labute approximate surface area is 183 Å². The largest absolute Gasteiger partial charge is 0.313 e. The van der Waals surface area contributed by atoms with Crippen molar-refractivity contribution >= 4 is 29.0 Å². The molecule has 0 saturated carbocycles. The van der Waals surface area contributed by atoms with Gasteiger partial charge in [0.1, 0.15) is 11.6 Å². The molecule has 1 aliphatic rings. The third-order valence-corrected chi connectivity index (χ3v) is 5.95. The highest BCUT2D eigenvalue weighted by molar-refractivity contribution is 7.99. The number of alkyl halides is 1. The molecular weight excluding hydrogens is 419 g/mol. The van der Waals surface area contributed by atoms with Gasteiger partial charge in [-0.15, -0.1) is 0 Å². The first kappa shape index (κ1) is 21.3. The van der Waals surface area contributed by atoms with Gasteiger partial charge in [-0.25, -0.2) is 19.4 Å². The number of hydrazine groups is 1. The molecular formula is C21H23FN6O2S. The van der Waals surface area contributed by atoms with E-state index in [9.17, 15) is 14.5 Å². The third-order valence-electron chi connectivity index (χ3n) is 4.97. The van der Waals surface area contributed by atoms with Crippen molar-refractivity contribution in [1.29, 1.82) is 0 Å². The van der Waals surface area contributed by atoms with Crippen LogP contribution in [-0.4, -0.2) is 48.8 Å². The molecule has 3 heterocycles. The van der Waals surface area contributed by atoms with E-state index < -0.39 is 11.2 Å². The Balaban J connectivity index is 1.90. The van der Waals surface area contributed by atoms with Crippen LogP contribution < -0.4 is 5.01 Å². The van der Waals surface area contributed by atoms with Crippen LogP contribution in [0.2, 0.25) is 0 Å². The molecule has 162 valence electrons. The molecule has 10 heteroatoms. The highest BCUT2D eigenvalue weighted by atomic mass is 32.2. The first-order valence-electron chi connectivity index (χ1n) is 10.00. The fourth-order valence-corrected chi connectivity index (χ4v) is 4.40. The second-order valence-electron chi connectivity index (χ2n) is 7.40. The van der Waals surface area contributed by atoms with Gasteiger partial charge in [-0.05, 0) is 18.2 Å². The van der Waals surface area contributed by atoms with E-state index in [2.05, 4.69) is 9.97 Å². The second kappa shape index (κ2) is 9.03. The van der Waals surface area contributed by atoms with E-state index in [4.69, 9.17) is 0 Å². The molecule has 0 bridgehead atoms. The summed E-state index contributed by atoms with van der Waals surface area (Å²) in [5.41, 5.74) is 0.420. The smallest absolute Gasteiger partial charge is 0.288 e. The molecule has 1 aromatic carbocycles. The molecule has 0 aliphatic carbocycles. The lowest BCUT2D eigenvalue weighted by atomic mass is 10.2. The standard InChI is InChI=1S/C21H23FN6O2S/c1-15(2)20-23-10-11-25(20)19-9-8-17(28(29)30)21(24-19)27(16-6-4-3-5-7-16)26-12-13-31-14-18(26)22/h3-11,15,18H,12-14H2,1-2H3. The SMILES string of the molecule is CC(C)c1nccn1-c1ccc([N+](=O)[O-])c(N(c2ccccc2)N2CCSCC2F)n1. The molecule has 0 amide bonds. The Hall–Kier alpha value is -2.98. The molecule has 1 fully saturated rings. The second-order valence-corrected chi connectivity index (χ2v) is 8.55. The molecule has 0 spiro atoms. The Kier molecular flexibility index (Phi) is 6.19. The minimum atomic E-state index is -1.29. The number of imidazole rings is 1. The zero-order chi connectivity index (χ0) is 22.0. The Morgan fingerprint density at radius 3 is 2.71 bits per heavy atom. The first-order chi connectivity index (χ1) is 15.0. The van der Waals surface area contributed by atoms with Crippen LogP contribution in [0.5, 0.6) is 0 Å². The van der Waals surface area contributed by atoms with E-state index in [1.807, 2.05) is 32.0 Å². The number of halogens is 1. The Bertz CT molecular complexity index is 1060. The normalized spacial score (nSPS) is 17.1. The van der Waals surface area contributed by atoms with Gasteiger partial charge in [0.05, 0.1) is 10.6 Å². The predicted molar refractivity (Wildman–Crippen MR) is 120 cm³/mol. The van der Waals surface area contributed by atoms with Crippen LogP contribution in [-0.2, 0) is 0 Å². The van der Waals surface area contributed by atoms with Gasteiger partial charge in [-0.3, -0.25) is 14.7 Å². The van der Waals surface area contributed by atoms with Crippen LogP contribution in [0.1, 0.15) is 25.6 Å². The summed E-state index contributed by atoms with van der Waals surface area (Å²) < 4.78 is 16.8. The maximum atomic E-state index is 15.0. The lowest BCUT2D eigenvalue weighted by Gasteiger charge is -2.39. The van der Waals surface area contributed by atoms with E-state index in [-0.39, 0.29) is 23.2 Å². The Morgan fingerprint density at radius 2 is 2.03 bits per heavy atom. The van der Waals surface area contributed by atoms with Crippen molar-refractivity contribution in [2.24, 2.45) is 0 Å². The fourth-order valence-electron chi connectivity index (χ4n) is 3.55. The van der Waals surface area contributed by atoms with Crippen molar-refractivity contribution in [3.63, 3.8) is 0 Å². The van der Waals surface area contributed by atoms with Crippen molar-refractivity contribution in [1.82, 2.24) is 19.5 Å². The van der Waals surface area contributed by atoms with Gasteiger partial charge in [-0.2, -0.15) is 16.8 Å². The number of nitrogens with zero attached hydrogens (tertiary/aromatic N) is 6. The van der Waals surface area contributed by atoms with Gasteiger partial charge in [0.15, 0.2) is 6.30 Å². The molecule has 1 atom stereocenters. The van der Waals surface area contributed by atoms with Crippen LogP contribution in [0.3, 0.4) is 0 Å². The fraction of sp³-hybridized carbons (Fsp3) is 0.333. The summed E-state index contributed by atoms with van der Waals surface area (Å²) >= 11 is 1.52. The number of para-hydroxylation sites is 1. The predicted octanol–water partition coefficient (Wildman–Crippen LogP) is 4.70. The summed E-state index contributed by atoms with van der Waals surface area (Å²) in [4.78, 5) is 20.5. The Morgan fingerprint density at radius 1 is 1.26 bits per heavy atom. The number of pyridine rings is 1. The van der Waals surface area contributed by atoms with Crippen LogP contribution in [0.15, 0.2) is 54.9 Å². The molecule has 2 aromatic heterocycles. The van der Waals surface area contributed by atoms with Gasteiger partial charge < -0.3 is 0 Å². The van der Waals surface area contributed by atoms with Gasteiger partial charge in [0.25, 0.3) is 0 Å². The minimum Gasteiger partial charge on any atom is -0.288 e. The maximum absolute atomic E-state index is 15.0. The van der Waals surface area contributed by atoms with Crippen molar-refractivity contribution in [2.45, 2.75) is 26.1 Å². The highest BCUT2D eigenvalue weighted by Crippen LogP contribution is 2.37. The van der Waals surface area contributed by atoms with E-state index in [1.165, 1.54) is 27.8 Å². The average molecular weight is 443 g/mol. The minimum absolute atomic E-state index is 0.0756. The van der Waals surface area contributed by atoms with Crippen LogP contribution in [0.25, 0.3) is 5.82 Å². The maximum Gasteiger partial charge on any atom is 0.313 e. The summed E-state index contributed by atoms with van der Waals surface area (Å²) in [6.45, 7) is 4.44. The van der Waals surface area contributed by atoms with Gasteiger partial charge in [0.2, 0.25) is 5.82 Å². The summed E-state index contributed by atoms with van der Waals surface area (Å²) in [6, 6.07) is 12.1. The number of hydrogen-bond acceptors (Lipinski definition) is 7. The summed E-state index contributed by atoms with van der Waals surface area (Å²) in [7, 11) is 0. The third kappa shape index (κ3) is 4.26. The van der Waals surface area contributed by atoms with E-state index in [0.29, 0.717) is 18.1 Å². The molecule has 4 rings (SSSR count). The zero-order valence-electron chi connectivity index (χ0n) is 17.3. The van der Waals surface area contributed by atoms with E-state index in [0.717, 1.165) is 11.6 Å². The number of nitro groups is 1. The number of thioether (sulfide) groups is 1. The number of benzene rings is 1. The molecule has 31 heavy (non-hydrogen) atoms. The van der Waals surface area contributed by atoms with Crippen LogP contribution in [0, 0.1) is 10.1 Å². The van der Waals surface area contributed by atoms with Gasteiger partial charge in [0, 0.05) is 42.4 Å². The van der Waals surface area contributed by atoms with Crippen molar-refractivity contribution < 1.29 is 9.31 Å². The van der Waals surface area contributed by atoms with Crippen molar-refractivity contribution in [3.8, 4) is 5.82 Å². The lowest BCUT2D eigenvalue weighted by molar-refractivity contribution is -0.384. The number of rotatable bonds is 6. The van der Waals surface area contributed by atoms with Crippen molar-refractivity contribution in [3.05, 3.63) is 70.8 Å². The number of aromatic nitrogens is 3. The molecule has 1 unspecified atom stereocenters. The van der Waals surface area contributed by atoms with Crippen LogP contribution >= 0.6 is 11.8 Å². The van der Waals surface area contributed by atoms with Gasteiger partial charge in [-0.1, -0.05) is 32.0 Å². The van der Waals surface area contributed by atoms with Crippen molar-refractivity contribution in [2.75, 3.05) is 23.1 Å². The first-order valence-corrected chi connectivity index (χ1v) is 11.2. The molecule has 3 aromatic rings. The molecule has 0 N–H and O–H groups in total. The summed E-state index contributed by atoms with van der Waals surface area (Å²) in [6.07, 6.45) is 2.16. The number of anilines is 2. The van der Waals surface area contributed by atoms with Crippen LogP contribution in [0.4, 0.5) is 21.6 Å². The topological polar surface area (TPSA) is 80.3 Å². The quantitative estimate of drug-likeness (QED) is 0.311. The monoisotopic (exact) mass is 442 g/mol. The van der Waals surface area contributed by atoms with Gasteiger partial charge >= 0.3 is 5.69 Å². The molecule has 0 radical (unpaired) electrons. The van der Waals surface area contributed by atoms with E-state index in [1.54, 1.807) is 35.2 Å².